The second kappa shape index (κ2) is 4.18. The molecule has 0 saturated heterocycles. The maximum absolute atomic E-state index is 12.0. The van der Waals surface area contributed by atoms with Gasteiger partial charge in [-0.3, -0.25) is 0 Å². The highest BCUT2D eigenvalue weighted by atomic mass is 32.2. The van der Waals surface area contributed by atoms with Gasteiger partial charge >= 0.3 is 0 Å². The van der Waals surface area contributed by atoms with Crippen LogP contribution in [-0.4, -0.2) is 27.3 Å². The van der Waals surface area contributed by atoms with E-state index in [1.165, 1.54) is 0 Å². The Hall–Kier alpha value is -0.870. The summed E-state index contributed by atoms with van der Waals surface area (Å²) in [5, 5.41) is 2.80. The van der Waals surface area contributed by atoms with Crippen LogP contribution in [0.1, 0.15) is 18.1 Å². The van der Waals surface area contributed by atoms with Crippen LogP contribution in [0, 0.1) is 0 Å². The van der Waals surface area contributed by atoms with Crippen LogP contribution in [0.2, 0.25) is 0 Å². The third-order valence-electron chi connectivity index (χ3n) is 3.14. The van der Waals surface area contributed by atoms with Gasteiger partial charge in [-0.05, 0) is 50.6 Å². The Morgan fingerprint density at radius 3 is 2.88 bits per heavy atom. The zero-order chi connectivity index (χ0) is 11.8. The maximum atomic E-state index is 12.0. The van der Waals surface area contributed by atoms with Crippen LogP contribution in [0.5, 0.6) is 0 Å². The fourth-order valence-electron chi connectivity index (χ4n) is 2.09. The van der Waals surface area contributed by atoms with Gasteiger partial charge in [0.05, 0.1) is 10.1 Å². The SMILES string of the molecule is CNCCc1ccc2c(c1)S(=O)(=O)C(C)C2. The minimum absolute atomic E-state index is 0.262. The highest BCUT2D eigenvalue weighted by Gasteiger charge is 2.33. The van der Waals surface area contributed by atoms with E-state index in [1.807, 2.05) is 25.2 Å². The molecule has 0 saturated carbocycles. The Kier molecular flexibility index (Phi) is 3.04. The van der Waals surface area contributed by atoms with Crippen LogP contribution in [0.25, 0.3) is 0 Å². The predicted molar refractivity (Wildman–Crippen MR) is 64.4 cm³/mol. The first-order valence-electron chi connectivity index (χ1n) is 5.56. The molecular formula is C12H17NO2S. The van der Waals surface area contributed by atoms with Gasteiger partial charge in [-0.25, -0.2) is 8.42 Å². The van der Waals surface area contributed by atoms with Crippen LogP contribution < -0.4 is 5.32 Å². The van der Waals surface area contributed by atoms with Gasteiger partial charge in [0.2, 0.25) is 0 Å². The lowest BCUT2D eigenvalue weighted by Gasteiger charge is -2.04. The monoisotopic (exact) mass is 239 g/mol. The lowest BCUT2D eigenvalue weighted by atomic mass is 10.1. The van der Waals surface area contributed by atoms with E-state index >= 15 is 0 Å². The van der Waals surface area contributed by atoms with Gasteiger partial charge in [-0.2, -0.15) is 0 Å². The summed E-state index contributed by atoms with van der Waals surface area (Å²) in [6.07, 6.45) is 1.53. The van der Waals surface area contributed by atoms with E-state index < -0.39 is 9.84 Å². The van der Waals surface area contributed by atoms with Crippen LogP contribution >= 0.6 is 0 Å². The molecule has 0 amide bonds. The molecule has 3 nitrogen and oxygen atoms in total. The maximum Gasteiger partial charge on any atom is 0.181 e. The summed E-state index contributed by atoms with van der Waals surface area (Å²) < 4.78 is 24.0. The van der Waals surface area contributed by atoms with Gasteiger partial charge < -0.3 is 5.32 Å². The fourth-order valence-corrected chi connectivity index (χ4v) is 3.76. The highest BCUT2D eigenvalue weighted by Crippen LogP contribution is 2.31. The average molecular weight is 239 g/mol. The summed E-state index contributed by atoms with van der Waals surface area (Å²) in [6.45, 7) is 2.65. The van der Waals surface area contributed by atoms with Crippen molar-refractivity contribution >= 4 is 9.84 Å². The largest absolute Gasteiger partial charge is 0.319 e. The van der Waals surface area contributed by atoms with Gasteiger partial charge in [0.25, 0.3) is 0 Å². The molecule has 1 aromatic rings. The quantitative estimate of drug-likeness (QED) is 0.861. The molecule has 1 aromatic carbocycles. The molecular weight excluding hydrogens is 222 g/mol. The summed E-state index contributed by atoms with van der Waals surface area (Å²) in [4.78, 5) is 0.550. The third-order valence-corrected chi connectivity index (χ3v) is 5.36. The van der Waals surface area contributed by atoms with E-state index in [0.29, 0.717) is 11.3 Å². The number of rotatable bonds is 3. The molecule has 2 rings (SSSR count). The average Bonchev–Trinajstić information content (AvgIpc) is 2.48. The third kappa shape index (κ3) is 1.87. The van der Waals surface area contributed by atoms with E-state index in [9.17, 15) is 8.42 Å². The standard InChI is InChI=1S/C12H17NO2S/c1-9-7-11-4-3-10(5-6-13-2)8-12(11)16(9,14)15/h3-4,8-9,13H,5-7H2,1-2H3. The van der Waals surface area contributed by atoms with Crippen molar-refractivity contribution in [2.45, 2.75) is 29.9 Å². The number of nitrogens with one attached hydrogen (secondary N) is 1. The topological polar surface area (TPSA) is 46.2 Å². The Morgan fingerprint density at radius 1 is 1.44 bits per heavy atom. The molecule has 0 radical (unpaired) electrons. The predicted octanol–water partition coefficient (Wildman–Crippen LogP) is 1.17. The van der Waals surface area contributed by atoms with Crippen molar-refractivity contribution in [1.29, 1.82) is 0 Å². The van der Waals surface area contributed by atoms with Gasteiger partial charge in [0.1, 0.15) is 0 Å². The van der Waals surface area contributed by atoms with Gasteiger partial charge in [0.15, 0.2) is 9.84 Å². The van der Waals surface area contributed by atoms with Crippen molar-refractivity contribution in [3.05, 3.63) is 29.3 Å². The number of hydrogen-bond acceptors (Lipinski definition) is 3. The van der Waals surface area contributed by atoms with Crippen molar-refractivity contribution < 1.29 is 8.42 Å². The van der Waals surface area contributed by atoms with Crippen molar-refractivity contribution in [2.75, 3.05) is 13.6 Å². The number of fused-ring (bicyclic) bond motifs is 1. The van der Waals surface area contributed by atoms with Crippen LogP contribution in [0.4, 0.5) is 0 Å². The van der Waals surface area contributed by atoms with Crippen LogP contribution in [0.15, 0.2) is 23.1 Å². The molecule has 0 spiro atoms. The van der Waals surface area contributed by atoms with E-state index in [2.05, 4.69) is 5.32 Å². The molecule has 1 heterocycles. The smallest absolute Gasteiger partial charge is 0.181 e. The minimum atomic E-state index is -3.05. The number of hydrogen-bond donors (Lipinski definition) is 1. The lowest BCUT2D eigenvalue weighted by Crippen LogP contribution is -2.12. The number of likely N-dealkylation sites (N-methyl/N-ethyl adjacent to an activating group) is 1. The first-order chi connectivity index (χ1) is 7.55. The van der Waals surface area contributed by atoms with Gasteiger partial charge in [0, 0.05) is 0 Å². The first kappa shape index (κ1) is 11.6. The zero-order valence-electron chi connectivity index (χ0n) is 9.66. The molecule has 0 aliphatic carbocycles. The fraction of sp³-hybridized carbons (Fsp3) is 0.500. The van der Waals surface area contributed by atoms with Crippen LogP contribution in [0.3, 0.4) is 0 Å². The second-order valence-corrected chi connectivity index (χ2v) is 6.69. The molecule has 88 valence electrons. The summed E-state index contributed by atoms with van der Waals surface area (Å²) in [5.41, 5.74) is 2.06. The van der Waals surface area contributed by atoms with E-state index in [4.69, 9.17) is 0 Å². The Morgan fingerprint density at radius 2 is 2.19 bits per heavy atom. The van der Waals surface area contributed by atoms with Crippen molar-refractivity contribution in [3.8, 4) is 0 Å². The summed E-state index contributed by atoms with van der Waals surface area (Å²) in [7, 11) is -1.16. The van der Waals surface area contributed by atoms with Gasteiger partial charge in [-0.15, -0.1) is 0 Å². The van der Waals surface area contributed by atoms with Crippen LogP contribution in [-0.2, 0) is 22.7 Å². The Labute approximate surface area is 96.8 Å². The molecule has 0 bridgehead atoms. The molecule has 0 fully saturated rings. The van der Waals surface area contributed by atoms with Crippen molar-refractivity contribution in [1.82, 2.24) is 5.32 Å². The van der Waals surface area contributed by atoms with E-state index in [1.54, 1.807) is 6.92 Å². The summed E-state index contributed by atoms with van der Waals surface area (Å²) in [6, 6.07) is 5.83. The Bertz CT molecular complexity index is 494. The lowest BCUT2D eigenvalue weighted by molar-refractivity contribution is 0.590. The molecule has 16 heavy (non-hydrogen) atoms. The zero-order valence-corrected chi connectivity index (χ0v) is 10.5. The molecule has 1 unspecified atom stereocenters. The molecule has 0 aromatic heterocycles. The molecule has 1 aliphatic rings. The highest BCUT2D eigenvalue weighted by molar-refractivity contribution is 7.92. The van der Waals surface area contributed by atoms with Crippen molar-refractivity contribution in [2.24, 2.45) is 0 Å². The normalized spacial score (nSPS) is 22.0. The van der Waals surface area contributed by atoms with E-state index in [0.717, 1.165) is 24.1 Å². The molecule has 1 N–H and O–H groups in total. The summed E-state index contributed by atoms with van der Waals surface area (Å²) in [5.74, 6) is 0. The second-order valence-electron chi connectivity index (χ2n) is 4.36. The molecule has 1 atom stereocenters. The minimum Gasteiger partial charge on any atom is -0.319 e. The summed E-state index contributed by atoms with van der Waals surface area (Å²) >= 11 is 0. The number of benzene rings is 1. The van der Waals surface area contributed by atoms with Gasteiger partial charge in [-0.1, -0.05) is 12.1 Å². The Balaban J connectivity index is 2.37. The number of sulfone groups is 1. The molecule has 4 heteroatoms. The molecule has 1 aliphatic heterocycles. The first-order valence-corrected chi connectivity index (χ1v) is 7.10. The van der Waals surface area contributed by atoms with E-state index in [-0.39, 0.29) is 5.25 Å². The van der Waals surface area contributed by atoms with Crippen molar-refractivity contribution in [3.63, 3.8) is 0 Å².